The van der Waals surface area contributed by atoms with E-state index < -0.39 is 0 Å². The monoisotopic (exact) mass is 218 g/mol. The van der Waals surface area contributed by atoms with Crippen molar-refractivity contribution in [3.8, 4) is 0 Å². The van der Waals surface area contributed by atoms with Gasteiger partial charge in [0, 0.05) is 17.9 Å². The minimum Gasteiger partial charge on any atom is -0.399 e. The van der Waals surface area contributed by atoms with E-state index in [1.165, 1.54) is 31.4 Å². The molecule has 0 amide bonds. The SMILES string of the molecule is CCC1(CNc2ccc(N)c(C)c2)CCC1. The summed E-state index contributed by atoms with van der Waals surface area (Å²) >= 11 is 0. The van der Waals surface area contributed by atoms with Crippen LogP contribution in [0.5, 0.6) is 0 Å². The molecule has 2 nitrogen and oxygen atoms in total. The second-order valence-corrected chi connectivity index (χ2v) is 5.13. The topological polar surface area (TPSA) is 38.0 Å². The molecule has 1 aromatic rings. The van der Waals surface area contributed by atoms with Gasteiger partial charge < -0.3 is 11.1 Å². The number of rotatable bonds is 4. The Morgan fingerprint density at radius 3 is 2.62 bits per heavy atom. The number of aryl methyl sites for hydroxylation is 1. The molecule has 1 aliphatic rings. The molecule has 1 saturated carbocycles. The largest absolute Gasteiger partial charge is 0.399 e. The maximum atomic E-state index is 5.81. The van der Waals surface area contributed by atoms with Gasteiger partial charge in [-0.1, -0.05) is 13.3 Å². The highest BCUT2D eigenvalue weighted by molar-refractivity contribution is 5.56. The number of hydrogen-bond acceptors (Lipinski definition) is 2. The predicted molar refractivity (Wildman–Crippen MR) is 70.7 cm³/mol. The molecule has 0 unspecified atom stereocenters. The maximum absolute atomic E-state index is 5.81. The van der Waals surface area contributed by atoms with Gasteiger partial charge in [-0.3, -0.25) is 0 Å². The van der Waals surface area contributed by atoms with Crippen LogP contribution in [-0.2, 0) is 0 Å². The molecule has 0 radical (unpaired) electrons. The van der Waals surface area contributed by atoms with Crippen LogP contribution >= 0.6 is 0 Å². The standard InChI is InChI=1S/C14H22N2/c1-3-14(7-4-8-14)10-16-12-5-6-13(15)11(2)9-12/h5-6,9,16H,3-4,7-8,10,15H2,1-2H3. The number of hydrogen-bond donors (Lipinski definition) is 2. The van der Waals surface area contributed by atoms with Gasteiger partial charge in [0.15, 0.2) is 0 Å². The van der Waals surface area contributed by atoms with Crippen molar-refractivity contribution in [2.24, 2.45) is 5.41 Å². The molecule has 3 N–H and O–H groups in total. The zero-order valence-corrected chi connectivity index (χ0v) is 10.3. The second kappa shape index (κ2) is 4.36. The zero-order chi connectivity index (χ0) is 11.6. The van der Waals surface area contributed by atoms with E-state index in [1.807, 2.05) is 6.07 Å². The average Bonchev–Trinajstić information content (AvgIpc) is 2.22. The van der Waals surface area contributed by atoms with Crippen molar-refractivity contribution in [3.05, 3.63) is 23.8 Å². The highest BCUT2D eigenvalue weighted by Gasteiger charge is 2.34. The minimum absolute atomic E-state index is 0.565. The van der Waals surface area contributed by atoms with Crippen LogP contribution in [0.1, 0.15) is 38.2 Å². The molecule has 0 aromatic heterocycles. The minimum atomic E-state index is 0.565. The molecule has 0 spiro atoms. The molecule has 2 rings (SSSR count). The Balaban J connectivity index is 1.96. The van der Waals surface area contributed by atoms with Gasteiger partial charge in [0.2, 0.25) is 0 Å². The molecular weight excluding hydrogens is 196 g/mol. The molecule has 0 saturated heterocycles. The summed E-state index contributed by atoms with van der Waals surface area (Å²) in [7, 11) is 0. The van der Waals surface area contributed by atoms with Crippen LogP contribution in [0.2, 0.25) is 0 Å². The summed E-state index contributed by atoms with van der Waals surface area (Å²) in [5.41, 5.74) is 9.60. The number of nitrogens with two attached hydrogens (primary N) is 1. The number of anilines is 2. The van der Waals surface area contributed by atoms with Crippen LogP contribution in [0.15, 0.2) is 18.2 Å². The van der Waals surface area contributed by atoms with Gasteiger partial charge in [-0.15, -0.1) is 0 Å². The van der Waals surface area contributed by atoms with Crippen molar-refractivity contribution >= 4 is 11.4 Å². The summed E-state index contributed by atoms with van der Waals surface area (Å²) in [6, 6.07) is 6.19. The van der Waals surface area contributed by atoms with Crippen molar-refractivity contribution in [1.82, 2.24) is 0 Å². The second-order valence-electron chi connectivity index (χ2n) is 5.13. The summed E-state index contributed by atoms with van der Waals surface area (Å²) in [6.45, 7) is 5.46. The van der Waals surface area contributed by atoms with Crippen molar-refractivity contribution in [2.45, 2.75) is 39.5 Å². The van der Waals surface area contributed by atoms with Gasteiger partial charge in [-0.25, -0.2) is 0 Å². The fourth-order valence-electron chi connectivity index (χ4n) is 2.41. The molecule has 1 fully saturated rings. The third-order valence-corrected chi connectivity index (χ3v) is 4.10. The average molecular weight is 218 g/mol. The molecule has 2 heteroatoms. The van der Waals surface area contributed by atoms with E-state index in [4.69, 9.17) is 5.73 Å². The molecule has 1 aliphatic carbocycles. The fourth-order valence-corrected chi connectivity index (χ4v) is 2.41. The molecule has 0 aliphatic heterocycles. The van der Waals surface area contributed by atoms with E-state index in [-0.39, 0.29) is 0 Å². The highest BCUT2D eigenvalue weighted by Crippen LogP contribution is 2.43. The van der Waals surface area contributed by atoms with Crippen LogP contribution < -0.4 is 11.1 Å². The first-order valence-corrected chi connectivity index (χ1v) is 6.25. The summed E-state index contributed by atoms with van der Waals surface area (Å²) in [5.74, 6) is 0. The van der Waals surface area contributed by atoms with Crippen LogP contribution in [0.4, 0.5) is 11.4 Å². The molecule has 88 valence electrons. The highest BCUT2D eigenvalue weighted by atomic mass is 14.9. The van der Waals surface area contributed by atoms with Crippen LogP contribution in [0.25, 0.3) is 0 Å². The third-order valence-electron chi connectivity index (χ3n) is 4.10. The Morgan fingerprint density at radius 2 is 2.12 bits per heavy atom. The lowest BCUT2D eigenvalue weighted by Crippen LogP contribution is -2.35. The quantitative estimate of drug-likeness (QED) is 0.758. The van der Waals surface area contributed by atoms with Gasteiger partial charge in [0.25, 0.3) is 0 Å². The summed E-state index contributed by atoms with van der Waals surface area (Å²) in [6.07, 6.45) is 5.44. The Kier molecular flexibility index (Phi) is 3.08. The molecule has 16 heavy (non-hydrogen) atoms. The number of benzene rings is 1. The van der Waals surface area contributed by atoms with Gasteiger partial charge in [0.1, 0.15) is 0 Å². The van der Waals surface area contributed by atoms with Gasteiger partial charge >= 0.3 is 0 Å². The van der Waals surface area contributed by atoms with Crippen molar-refractivity contribution in [3.63, 3.8) is 0 Å². The lowest BCUT2D eigenvalue weighted by Gasteiger charge is -2.41. The third kappa shape index (κ3) is 2.16. The normalized spacial score (nSPS) is 17.9. The molecule has 0 atom stereocenters. The maximum Gasteiger partial charge on any atom is 0.0345 e. The van der Waals surface area contributed by atoms with Gasteiger partial charge in [0.05, 0.1) is 0 Å². The Labute approximate surface area is 98.2 Å². The summed E-state index contributed by atoms with van der Waals surface area (Å²) in [4.78, 5) is 0. The first kappa shape index (κ1) is 11.3. The molecule has 0 heterocycles. The van der Waals surface area contributed by atoms with Gasteiger partial charge in [-0.2, -0.15) is 0 Å². The first-order chi connectivity index (χ1) is 7.65. The lowest BCUT2D eigenvalue weighted by atomic mass is 9.67. The summed E-state index contributed by atoms with van der Waals surface area (Å²) in [5, 5.41) is 3.55. The van der Waals surface area contributed by atoms with E-state index in [1.54, 1.807) is 0 Å². The van der Waals surface area contributed by atoms with Crippen LogP contribution in [0, 0.1) is 12.3 Å². The number of nitrogen functional groups attached to an aromatic ring is 1. The molecular formula is C14H22N2. The fraction of sp³-hybridized carbons (Fsp3) is 0.571. The zero-order valence-electron chi connectivity index (χ0n) is 10.3. The number of nitrogens with one attached hydrogen (secondary N) is 1. The van der Waals surface area contributed by atoms with E-state index in [0.717, 1.165) is 17.8 Å². The van der Waals surface area contributed by atoms with Gasteiger partial charge in [-0.05, 0) is 55.4 Å². The predicted octanol–water partition coefficient (Wildman–Crippen LogP) is 3.57. The molecule has 1 aromatic carbocycles. The van der Waals surface area contributed by atoms with Crippen molar-refractivity contribution in [2.75, 3.05) is 17.6 Å². The van der Waals surface area contributed by atoms with E-state index in [2.05, 4.69) is 31.3 Å². The van der Waals surface area contributed by atoms with Crippen LogP contribution in [-0.4, -0.2) is 6.54 Å². The van der Waals surface area contributed by atoms with E-state index in [9.17, 15) is 0 Å². The smallest absolute Gasteiger partial charge is 0.0345 e. The van der Waals surface area contributed by atoms with Crippen LogP contribution in [0.3, 0.4) is 0 Å². The summed E-state index contributed by atoms with van der Waals surface area (Å²) < 4.78 is 0. The van der Waals surface area contributed by atoms with E-state index >= 15 is 0 Å². The Bertz CT molecular complexity index is 361. The first-order valence-electron chi connectivity index (χ1n) is 6.25. The van der Waals surface area contributed by atoms with Crippen molar-refractivity contribution < 1.29 is 0 Å². The Hall–Kier alpha value is -1.18. The lowest BCUT2D eigenvalue weighted by molar-refractivity contribution is 0.145. The Morgan fingerprint density at radius 1 is 1.38 bits per heavy atom. The van der Waals surface area contributed by atoms with Crippen molar-refractivity contribution in [1.29, 1.82) is 0 Å². The molecule has 0 bridgehead atoms. The van der Waals surface area contributed by atoms with E-state index in [0.29, 0.717) is 5.41 Å².